The summed E-state index contributed by atoms with van der Waals surface area (Å²) in [4.78, 5) is 12.7. The van der Waals surface area contributed by atoms with Gasteiger partial charge in [-0.05, 0) is 53.4 Å². The summed E-state index contributed by atoms with van der Waals surface area (Å²) in [5.74, 6) is -0.301. The Bertz CT molecular complexity index is 1260. The molecule has 1 N–H and O–H groups in total. The number of amides is 1. The number of carbonyl (C=O) groups is 1. The van der Waals surface area contributed by atoms with Crippen LogP contribution in [0.4, 0.5) is 5.69 Å². The van der Waals surface area contributed by atoms with Gasteiger partial charge in [0.1, 0.15) is 6.54 Å². The summed E-state index contributed by atoms with van der Waals surface area (Å²) in [5, 5.41) is 12.8. The van der Waals surface area contributed by atoms with Crippen LogP contribution in [0.15, 0.2) is 88.9 Å². The quantitative estimate of drug-likeness (QED) is 0.405. The summed E-state index contributed by atoms with van der Waals surface area (Å²) in [7, 11) is -3.98. The van der Waals surface area contributed by atoms with Crippen LogP contribution in [-0.2, 0) is 14.8 Å². The van der Waals surface area contributed by atoms with Gasteiger partial charge in [0.25, 0.3) is 15.9 Å². The highest BCUT2D eigenvalue weighted by molar-refractivity contribution is 7.92. The van der Waals surface area contributed by atoms with Gasteiger partial charge in [0.2, 0.25) is 0 Å². The highest BCUT2D eigenvalue weighted by atomic mass is 32.2. The van der Waals surface area contributed by atoms with Crippen molar-refractivity contribution in [2.45, 2.75) is 24.7 Å². The van der Waals surface area contributed by atoms with E-state index in [1.807, 2.05) is 32.0 Å². The van der Waals surface area contributed by atoms with E-state index < -0.39 is 22.5 Å². The van der Waals surface area contributed by atoms with E-state index in [-0.39, 0.29) is 10.8 Å². The van der Waals surface area contributed by atoms with Crippen molar-refractivity contribution < 1.29 is 13.2 Å². The fraction of sp³-hybridized carbons (Fsp3) is 0.160. The van der Waals surface area contributed by atoms with E-state index in [0.717, 1.165) is 9.87 Å². The molecule has 1 amide bonds. The van der Waals surface area contributed by atoms with Crippen molar-refractivity contribution in [2.24, 2.45) is 5.10 Å². The topological polar surface area (TPSA) is 103 Å². The fourth-order valence-corrected chi connectivity index (χ4v) is 4.49. The summed E-state index contributed by atoms with van der Waals surface area (Å²) in [6.07, 6.45) is 1.42. The number of nitrogens with zero attached hydrogens (tertiary/aromatic N) is 3. The first-order valence-electron chi connectivity index (χ1n) is 10.3. The molecule has 0 saturated heterocycles. The van der Waals surface area contributed by atoms with Crippen molar-refractivity contribution in [1.82, 2.24) is 5.43 Å². The Morgan fingerprint density at radius 2 is 1.67 bits per heavy atom. The molecular formula is C25H24N4O3S. The van der Waals surface area contributed by atoms with E-state index in [2.05, 4.69) is 10.5 Å². The zero-order valence-electron chi connectivity index (χ0n) is 18.3. The summed E-state index contributed by atoms with van der Waals surface area (Å²) in [6, 6.07) is 23.8. The second-order valence-electron chi connectivity index (χ2n) is 7.60. The van der Waals surface area contributed by atoms with Crippen LogP contribution in [-0.4, -0.2) is 27.1 Å². The first-order valence-corrected chi connectivity index (χ1v) is 11.7. The van der Waals surface area contributed by atoms with E-state index in [4.69, 9.17) is 5.26 Å². The maximum Gasteiger partial charge on any atom is 0.264 e. The molecule has 0 bridgehead atoms. The summed E-state index contributed by atoms with van der Waals surface area (Å²) < 4.78 is 27.7. The normalized spacial score (nSPS) is 11.3. The van der Waals surface area contributed by atoms with Gasteiger partial charge in [0, 0.05) is 0 Å². The Labute approximate surface area is 194 Å². The molecule has 7 nitrogen and oxygen atoms in total. The molecule has 0 fully saturated rings. The van der Waals surface area contributed by atoms with Crippen LogP contribution in [0.5, 0.6) is 0 Å². The van der Waals surface area contributed by atoms with Gasteiger partial charge in [0.15, 0.2) is 0 Å². The Hall–Kier alpha value is -3.96. The van der Waals surface area contributed by atoms with E-state index in [0.29, 0.717) is 16.8 Å². The van der Waals surface area contributed by atoms with Crippen LogP contribution < -0.4 is 9.73 Å². The molecule has 168 valence electrons. The van der Waals surface area contributed by atoms with Crippen LogP contribution in [0.1, 0.15) is 36.5 Å². The number of hydrazone groups is 1. The molecule has 8 heteroatoms. The molecule has 0 unspecified atom stereocenters. The SMILES string of the molecule is CC(C)c1ccc(N(CC(=O)NN=Cc2ccc(C#N)cc2)S(=O)(=O)c2ccccc2)cc1. The van der Waals surface area contributed by atoms with Gasteiger partial charge >= 0.3 is 0 Å². The zero-order valence-corrected chi connectivity index (χ0v) is 19.2. The Morgan fingerprint density at radius 3 is 2.24 bits per heavy atom. The number of rotatable bonds is 8. The average Bonchev–Trinajstić information content (AvgIpc) is 2.83. The molecule has 3 rings (SSSR count). The molecule has 0 radical (unpaired) electrons. The molecule has 0 atom stereocenters. The molecule has 0 aliphatic heterocycles. The minimum absolute atomic E-state index is 0.0896. The Kier molecular flexibility index (Phi) is 7.59. The molecule has 0 spiro atoms. The number of hydrogen-bond acceptors (Lipinski definition) is 5. The summed E-state index contributed by atoms with van der Waals surface area (Å²) >= 11 is 0. The minimum Gasteiger partial charge on any atom is -0.271 e. The van der Waals surface area contributed by atoms with E-state index in [1.165, 1.54) is 18.3 Å². The zero-order chi connectivity index (χ0) is 23.8. The van der Waals surface area contributed by atoms with Crippen LogP contribution in [0.2, 0.25) is 0 Å². The van der Waals surface area contributed by atoms with Crippen LogP contribution in [0.3, 0.4) is 0 Å². The van der Waals surface area contributed by atoms with Gasteiger partial charge in [-0.1, -0.05) is 56.3 Å². The van der Waals surface area contributed by atoms with Crippen molar-refractivity contribution in [2.75, 3.05) is 10.8 Å². The molecular weight excluding hydrogens is 436 g/mol. The van der Waals surface area contributed by atoms with E-state index in [9.17, 15) is 13.2 Å². The van der Waals surface area contributed by atoms with Gasteiger partial charge < -0.3 is 0 Å². The van der Waals surface area contributed by atoms with Gasteiger partial charge in [-0.3, -0.25) is 9.10 Å². The first kappa shape index (κ1) is 23.7. The Morgan fingerprint density at radius 1 is 1.03 bits per heavy atom. The van der Waals surface area contributed by atoms with Crippen molar-refractivity contribution in [3.05, 3.63) is 95.6 Å². The largest absolute Gasteiger partial charge is 0.271 e. The fourth-order valence-electron chi connectivity index (χ4n) is 3.05. The molecule has 33 heavy (non-hydrogen) atoms. The second-order valence-corrected chi connectivity index (χ2v) is 9.46. The van der Waals surface area contributed by atoms with Crippen LogP contribution in [0.25, 0.3) is 0 Å². The lowest BCUT2D eigenvalue weighted by Crippen LogP contribution is -2.39. The standard InChI is InChI=1S/C25H24N4O3S/c1-19(2)22-12-14-23(15-13-22)29(33(31,32)24-6-4-3-5-7-24)18-25(30)28-27-17-21-10-8-20(16-26)9-11-21/h3-15,17,19H,18H2,1-2H3,(H,28,30). The lowest BCUT2D eigenvalue weighted by Gasteiger charge is -2.24. The number of benzene rings is 3. The number of anilines is 1. The lowest BCUT2D eigenvalue weighted by atomic mass is 10.0. The van der Waals surface area contributed by atoms with E-state index >= 15 is 0 Å². The molecule has 0 aromatic heterocycles. The molecule has 0 saturated carbocycles. The molecule has 3 aromatic carbocycles. The van der Waals surface area contributed by atoms with Crippen LogP contribution in [0, 0.1) is 11.3 Å². The van der Waals surface area contributed by atoms with Crippen molar-refractivity contribution in [3.8, 4) is 6.07 Å². The number of hydrogen-bond donors (Lipinski definition) is 1. The van der Waals surface area contributed by atoms with E-state index in [1.54, 1.807) is 54.6 Å². The minimum atomic E-state index is -3.98. The number of nitriles is 1. The smallest absolute Gasteiger partial charge is 0.264 e. The highest BCUT2D eigenvalue weighted by Crippen LogP contribution is 2.25. The number of carbonyl (C=O) groups excluding carboxylic acids is 1. The molecule has 0 aliphatic carbocycles. The third kappa shape index (κ3) is 6.05. The van der Waals surface area contributed by atoms with Crippen molar-refractivity contribution >= 4 is 27.8 Å². The van der Waals surface area contributed by atoms with Gasteiger partial charge in [-0.2, -0.15) is 10.4 Å². The summed E-state index contributed by atoms with van der Waals surface area (Å²) in [5.41, 5.74) is 5.02. The maximum absolute atomic E-state index is 13.3. The third-order valence-corrected chi connectivity index (χ3v) is 6.70. The first-order chi connectivity index (χ1) is 15.8. The maximum atomic E-state index is 13.3. The van der Waals surface area contributed by atoms with Crippen LogP contribution >= 0.6 is 0 Å². The highest BCUT2D eigenvalue weighted by Gasteiger charge is 2.27. The molecule has 3 aromatic rings. The molecule has 0 aliphatic rings. The Balaban J connectivity index is 1.82. The predicted octanol–water partition coefficient (Wildman–Crippen LogP) is 4.03. The predicted molar refractivity (Wildman–Crippen MR) is 128 cm³/mol. The lowest BCUT2D eigenvalue weighted by molar-refractivity contribution is -0.119. The monoisotopic (exact) mass is 460 g/mol. The van der Waals surface area contributed by atoms with Gasteiger partial charge in [-0.25, -0.2) is 13.8 Å². The number of sulfonamides is 1. The van der Waals surface area contributed by atoms with Gasteiger partial charge in [-0.15, -0.1) is 0 Å². The van der Waals surface area contributed by atoms with Crippen molar-refractivity contribution in [1.29, 1.82) is 5.26 Å². The second kappa shape index (κ2) is 10.6. The van der Waals surface area contributed by atoms with Crippen molar-refractivity contribution in [3.63, 3.8) is 0 Å². The molecule has 0 heterocycles. The third-order valence-electron chi connectivity index (χ3n) is 4.91. The number of nitrogens with one attached hydrogen (secondary N) is 1. The van der Waals surface area contributed by atoms with Gasteiger partial charge in [0.05, 0.1) is 28.4 Å². The average molecular weight is 461 g/mol. The summed E-state index contributed by atoms with van der Waals surface area (Å²) in [6.45, 7) is 3.66.